The molecule has 0 atom stereocenters. The minimum atomic E-state index is -4.47. The number of halogens is 3. The summed E-state index contributed by atoms with van der Waals surface area (Å²) in [5, 5.41) is 0. The van der Waals surface area contributed by atoms with Crippen LogP contribution in [0.25, 0.3) is 6.08 Å². The molecule has 0 aliphatic carbocycles. The van der Waals surface area contributed by atoms with Crippen LogP contribution in [0, 0.1) is 0 Å². The number of para-hydroxylation sites is 1. The molecule has 2 aromatic carbocycles. The highest BCUT2D eigenvalue weighted by Gasteiger charge is 2.30. The number of carbonyl (C=O) groups excluding carboxylic acids is 1. The van der Waals surface area contributed by atoms with Gasteiger partial charge in [-0.2, -0.15) is 13.2 Å². The lowest BCUT2D eigenvalue weighted by Gasteiger charge is -2.07. The second-order valence-corrected chi connectivity index (χ2v) is 4.52. The molecule has 2 nitrogen and oxygen atoms in total. The van der Waals surface area contributed by atoms with Gasteiger partial charge in [0.15, 0.2) is 5.78 Å². The Kier molecular flexibility index (Phi) is 4.65. The molecule has 0 saturated heterocycles. The molecule has 114 valence electrons. The summed E-state index contributed by atoms with van der Waals surface area (Å²) < 4.78 is 43.0. The van der Waals surface area contributed by atoms with E-state index in [1.807, 2.05) is 0 Å². The molecule has 0 aromatic heterocycles. The third-order valence-corrected chi connectivity index (χ3v) is 3.03. The molecule has 0 amide bonds. The summed E-state index contributed by atoms with van der Waals surface area (Å²) in [6, 6.07) is 11.4. The monoisotopic (exact) mass is 306 g/mol. The van der Waals surface area contributed by atoms with Crippen LogP contribution in [0.2, 0.25) is 0 Å². The van der Waals surface area contributed by atoms with Crippen molar-refractivity contribution in [2.75, 3.05) is 7.11 Å². The number of hydrogen-bond donors (Lipinski definition) is 0. The maximum Gasteiger partial charge on any atom is 0.416 e. The van der Waals surface area contributed by atoms with Gasteiger partial charge in [0, 0.05) is 11.1 Å². The molecule has 22 heavy (non-hydrogen) atoms. The van der Waals surface area contributed by atoms with Crippen LogP contribution in [0.5, 0.6) is 5.75 Å². The molecule has 0 saturated carbocycles. The van der Waals surface area contributed by atoms with Crippen molar-refractivity contribution in [3.63, 3.8) is 0 Å². The van der Waals surface area contributed by atoms with E-state index < -0.39 is 17.5 Å². The standard InChI is InChI=1S/C17H13F3O2/c1-22-16-8-3-2-5-12(16)9-10-15(21)13-6-4-7-14(11-13)17(18,19)20/h2-11H,1H3. The van der Waals surface area contributed by atoms with Crippen LogP contribution in [0.4, 0.5) is 13.2 Å². The Labute approximate surface area is 125 Å². The van der Waals surface area contributed by atoms with Gasteiger partial charge in [0.2, 0.25) is 0 Å². The number of allylic oxidation sites excluding steroid dienone is 1. The predicted molar refractivity (Wildman–Crippen MR) is 77.8 cm³/mol. The number of ether oxygens (including phenoxy) is 1. The SMILES string of the molecule is COc1ccccc1C=CC(=O)c1cccc(C(F)(F)F)c1. The average Bonchev–Trinajstić information content (AvgIpc) is 2.52. The summed E-state index contributed by atoms with van der Waals surface area (Å²) in [5.41, 5.74) is -0.185. The Morgan fingerprint density at radius 2 is 1.82 bits per heavy atom. The van der Waals surface area contributed by atoms with E-state index in [0.717, 1.165) is 12.1 Å². The van der Waals surface area contributed by atoms with E-state index in [0.29, 0.717) is 11.3 Å². The topological polar surface area (TPSA) is 26.3 Å². The van der Waals surface area contributed by atoms with E-state index >= 15 is 0 Å². The summed E-state index contributed by atoms with van der Waals surface area (Å²) >= 11 is 0. The number of ketones is 1. The largest absolute Gasteiger partial charge is 0.496 e. The molecule has 0 radical (unpaired) electrons. The third kappa shape index (κ3) is 3.75. The Balaban J connectivity index is 2.24. The lowest BCUT2D eigenvalue weighted by atomic mass is 10.1. The zero-order chi connectivity index (χ0) is 16.2. The highest BCUT2D eigenvalue weighted by atomic mass is 19.4. The first kappa shape index (κ1) is 15.8. The fourth-order valence-corrected chi connectivity index (χ4v) is 1.91. The fourth-order valence-electron chi connectivity index (χ4n) is 1.91. The summed E-state index contributed by atoms with van der Waals surface area (Å²) in [6.45, 7) is 0. The van der Waals surface area contributed by atoms with Crippen LogP contribution in [0.1, 0.15) is 21.5 Å². The molecule has 0 bridgehead atoms. The maximum absolute atomic E-state index is 12.6. The number of methoxy groups -OCH3 is 1. The maximum atomic E-state index is 12.6. The normalized spacial score (nSPS) is 11.6. The van der Waals surface area contributed by atoms with E-state index in [1.54, 1.807) is 24.3 Å². The van der Waals surface area contributed by atoms with Crippen LogP contribution in [-0.2, 0) is 6.18 Å². The van der Waals surface area contributed by atoms with Crippen LogP contribution < -0.4 is 4.74 Å². The van der Waals surface area contributed by atoms with Crippen molar-refractivity contribution in [1.29, 1.82) is 0 Å². The number of carbonyl (C=O) groups is 1. The quantitative estimate of drug-likeness (QED) is 0.609. The molecule has 5 heteroatoms. The van der Waals surface area contributed by atoms with E-state index in [-0.39, 0.29) is 5.56 Å². The zero-order valence-electron chi connectivity index (χ0n) is 11.7. The lowest BCUT2D eigenvalue weighted by Crippen LogP contribution is -2.06. The van der Waals surface area contributed by atoms with E-state index in [1.165, 1.54) is 31.4 Å². The first-order chi connectivity index (χ1) is 10.4. The minimum Gasteiger partial charge on any atom is -0.496 e. The van der Waals surface area contributed by atoms with Crippen molar-refractivity contribution in [3.8, 4) is 5.75 Å². The Morgan fingerprint density at radius 3 is 2.50 bits per heavy atom. The van der Waals surface area contributed by atoms with Gasteiger partial charge < -0.3 is 4.74 Å². The molecule has 0 aliphatic rings. The first-order valence-electron chi connectivity index (χ1n) is 6.44. The van der Waals surface area contributed by atoms with Gasteiger partial charge in [0.25, 0.3) is 0 Å². The van der Waals surface area contributed by atoms with E-state index in [2.05, 4.69) is 0 Å². The molecule has 0 fully saturated rings. The van der Waals surface area contributed by atoms with Gasteiger partial charge in [-0.1, -0.05) is 30.3 Å². The molecule has 0 N–H and O–H groups in total. The van der Waals surface area contributed by atoms with Crippen LogP contribution >= 0.6 is 0 Å². The number of hydrogen-bond acceptors (Lipinski definition) is 2. The average molecular weight is 306 g/mol. The Hall–Kier alpha value is -2.56. The van der Waals surface area contributed by atoms with Gasteiger partial charge in [0.1, 0.15) is 5.75 Å². The smallest absolute Gasteiger partial charge is 0.416 e. The molecule has 0 spiro atoms. The van der Waals surface area contributed by atoms with Crippen molar-refractivity contribution in [3.05, 3.63) is 71.3 Å². The molecule has 0 heterocycles. The Morgan fingerprint density at radius 1 is 1.09 bits per heavy atom. The third-order valence-electron chi connectivity index (χ3n) is 3.03. The van der Waals surface area contributed by atoms with Crippen molar-refractivity contribution < 1.29 is 22.7 Å². The number of rotatable bonds is 4. The van der Waals surface area contributed by atoms with Crippen LogP contribution in [0.15, 0.2) is 54.6 Å². The molecule has 0 aliphatic heterocycles. The van der Waals surface area contributed by atoms with Crippen molar-refractivity contribution in [1.82, 2.24) is 0 Å². The second-order valence-electron chi connectivity index (χ2n) is 4.52. The first-order valence-corrected chi connectivity index (χ1v) is 6.44. The van der Waals surface area contributed by atoms with E-state index in [4.69, 9.17) is 4.74 Å². The summed E-state index contributed by atoms with van der Waals surface area (Å²) in [6.07, 6.45) is -1.72. The fraction of sp³-hybridized carbons (Fsp3) is 0.118. The van der Waals surface area contributed by atoms with Crippen molar-refractivity contribution in [2.24, 2.45) is 0 Å². The molecule has 2 aromatic rings. The van der Waals surface area contributed by atoms with E-state index in [9.17, 15) is 18.0 Å². The predicted octanol–water partition coefficient (Wildman–Crippen LogP) is 4.61. The molecular formula is C17H13F3O2. The minimum absolute atomic E-state index is 0.0130. The van der Waals surface area contributed by atoms with Gasteiger partial charge in [0.05, 0.1) is 12.7 Å². The van der Waals surface area contributed by atoms with Gasteiger partial charge in [-0.05, 0) is 30.4 Å². The molecule has 2 rings (SSSR count). The van der Waals surface area contributed by atoms with Gasteiger partial charge in [-0.25, -0.2) is 0 Å². The van der Waals surface area contributed by atoms with Crippen molar-refractivity contribution in [2.45, 2.75) is 6.18 Å². The lowest BCUT2D eigenvalue weighted by molar-refractivity contribution is -0.137. The van der Waals surface area contributed by atoms with Crippen LogP contribution in [-0.4, -0.2) is 12.9 Å². The summed E-state index contributed by atoms with van der Waals surface area (Å²) in [5.74, 6) is 0.0765. The second kappa shape index (κ2) is 6.47. The van der Waals surface area contributed by atoms with Gasteiger partial charge in [-0.15, -0.1) is 0 Å². The number of benzene rings is 2. The number of alkyl halides is 3. The van der Waals surface area contributed by atoms with Crippen LogP contribution in [0.3, 0.4) is 0 Å². The highest BCUT2D eigenvalue weighted by molar-refractivity contribution is 6.07. The molecular weight excluding hydrogens is 293 g/mol. The summed E-state index contributed by atoms with van der Waals surface area (Å²) in [4.78, 5) is 12.0. The van der Waals surface area contributed by atoms with Gasteiger partial charge >= 0.3 is 6.18 Å². The van der Waals surface area contributed by atoms with Crippen molar-refractivity contribution >= 4 is 11.9 Å². The highest BCUT2D eigenvalue weighted by Crippen LogP contribution is 2.29. The zero-order valence-corrected chi connectivity index (χ0v) is 11.7. The van der Waals surface area contributed by atoms with Gasteiger partial charge in [-0.3, -0.25) is 4.79 Å². The summed E-state index contributed by atoms with van der Waals surface area (Å²) in [7, 11) is 1.50. The molecule has 0 unspecified atom stereocenters. The Bertz CT molecular complexity index is 703.